The predicted molar refractivity (Wildman–Crippen MR) is 64.6 cm³/mol. The molecule has 0 fully saturated rings. The van der Waals surface area contributed by atoms with Crippen LogP contribution in [0.3, 0.4) is 0 Å². The van der Waals surface area contributed by atoms with Crippen molar-refractivity contribution in [2.45, 2.75) is 26.1 Å². The van der Waals surface area contributed by atoms with Crippen LogP contribution in [0.1, 0.15) is 25.3 Å². The highest BCUT2D eigenvalue weighted by Crippen LogP contribution is 2.29. The van der Waals surface area contributed by atoms with E-state index >= 15 is 0 Å². The molecule has 0 saturated heterocycles. The van der Waals surface area contributed by atoms with Crippen LogP contribution in [-0.2, 0) is 0 Å². The van der Waals surface area contributed by atoms with Gasteiger partial charge in [-0.05, 0) is 43.1 Å². The number of ether oxygens (including phenoxy) is 1. The SMILES string of the molecule is CNCC(C)C(C)c1cccc(OC(F)(F)F)c1. The highest BCUT2D eigenvalue weighted by molar-refractivity contribution is 5.31. The Bertz CT molecular complexity index is 379. The van der Waals surface area contributed by atoms with Crippen LogP contribution in [0.25, 0.3) is 0 Å². The maximum Gasteiger partial charge on any atom is 0.573 e. The van der Waals surface area contributed by atoms with Gasteiger partial charge in [0, 0.05) is 0 Å². The van der Waals surface area contributed by atoms with E-state index in [0.717, 1.165) is 12.1 Å². The lowest BCUT2D eigenvalue weighted by molar-refractivity contribution is -0.274. The van der Waals surface area contributed by atoms with Crippen LogP contribution in [-0.4, -0.2) is 20.0 Å². The van der Waals surface area contributed by atoms with Gasteiger partial charge in [-0.2, -0.15) is 0 Å². The van der Waals surface area contributed by atoms with E-state index < -0.39 is 6.36 Å². The van der Waals surface area contributed by atoms with Crippen molar-refractivity contribution in [2.75, 3.05) is 13.6 Å². The first-order valence-electron chi connectivity index (χ1n) is 5.84. The molecule has 0 aromatic heterocycles. The van der Waals surface area contributed by atoms with Crippen LogP contribution >= 0.6 is 0 Å². The highest BCUT2D eigenvalue weighted by atomic mass is 19.4. The maximum absolute atomic E-state index is 12.1. The van der Waals surface area contributed by atoms with E-state index in [1.54, 1.807) is 6.07 Å². The average Bonchev–Trinajstić information content (AvgIpc) is 2.26. The molecule has 0 bridgehead atoms. The second-order valence-corrected chi connectivity index (χ2v) is 4.44. The third-order valence-electron chi connectivity index (χ3n) is 3.00. The third kappa shape index (κ3) is 4.56. The molecule has 102 valence electrons. The van der Waals surface area contributed by atoms with Crippen LogP contribution in [0.5, 0.6) is 5.75 Å². The van der Waals surface area contributed by atoms with Crippen molar-refractivity contribution in [2.24, 2.45) is 5.92 Å². The van der Waals surface area contributed by atoms with Crippen LogP contribution in [0.2, 0.25) is 0 Å². The summed E-state index contributed by atoms with van der Waals surface area (Å²) >= 11 is 0. The molecule has 1 aromatic carbocycles. The third-order valence-corrected chi connectivity index (χ3v) is 3.00. The molecule has 18 heavy (non-hydrogen) atoms. The molecule has 1 aromatic rings. The van der Waals surface area contributed by atoms with Gasteiger partial charge in [0.1, 0.15) is 5.75 Å². The molecular formula is C13H18F3NO. The van der Waals surface area contributed by atoms with E-state index in [4.69, 9.17) is 0 Å². The summed E-state index contributed by atoms with van der Waals surface area (Å²) in [5.41, 5.74) is 0.847. The predicted octanol–water partition coefficient (Wildman–Crippen LogP) is 3.54. The molecule has 0 aliphatic heterocycles. The van der Waals surface area contributed by atoms with Crippen molar-refractivity contribution in [1.29, 1.82) is 0 Å². The zero-order chi connectivity index (χ0) is 13.8. The minimum Gasteiger partial charge on any atom is -0.406 e. The Labute approximate surface area is 105 Å². The zero-order valence-corrected chi connectivity index (χ0v) is 10.7. The van der Waals surface area contributed by atoms with Crippen molar-refractivity contribution in [3.63, 3.8) is 0 Å². The Balaban J connectivity index is 2.81. The van der Waals surface area contributed by atoms with Gasteiger partial charge in [0.2, 0.25) is 0 Å². The molecule has 0 aliphatic rings. The number of hydrogen-bond donors (Lipinski definition) is 1. The van der Waals surface area contributed by atoms with Gasteiger partial charge in [-0.1, -0.05) is 26.0 Å². The Morgan fingerprint density at radius 3 is 2.50 bits per heavy atom. The van der Waals surface area contributed by atoms with Crippen LogP contribution in [0.4, 0.5) is 13.2 Å². The minimum absolute atomic E-state index is 0.161. The van der Waals surface area contributed by atoms with Gasteiger partial charge in [0.15, 0.2) is 0 Å². The summed E-state index contributed by atoms with van der Waals surface area (Å²) in [5.74, 6) is 0.328. The molecule has 2 atom stereocenters. The second kappa shape index (κ2) is 6.09. The van der Waals surface area contributed by atoms with Gasteiger partial charge in [0.05, 0.1) is 0 Å². The normalized spacial score (nSPS) is 15.2. The first kappa shape index (κ1) is 14.8. The first-order valence-corrected chi connectivity index (χ1v) is 5.84. The molecular weight excluding hydrogens is 243 g/mol. The van der Waals surface area contributed by atoms with E-state index in [1.807, 2.05) is 20.0 Å². The van der Waals surface area contributed by atoms with Crippen molar-refractivity contribution in [3.8, 4) is 5.75 Å². The lowest BCUT2D eigenvalue weighted by Gasteiger charge is -2.20. The summed E-state index contributed by atoms with van der Waals surface area (Å²) in [6.07, 6.45) is -4.64. The molecule has 0 spiro atoms. The molecule has 0 aliphatic carbocycles. The van der Waals surface area contributed by atoms with E-state index in [0.29, 0.717) is 5.92 Å². The Kier molecular flexibility index (Phi) is 5.02. The maximum atomic E-state index is 12.1. The molecule has 0 radical (unpaired) electrons. The van der Waals surface area contributed by atoms with Crippen LogP contribution in [0, 0.1) is 5.92 Å². The van der Waals surface area contributed by atoms with Crippen LogP contribution in [0.15, 0.2) is 24.3 Å². The summed E-state index contributed by atoms with van der Waals surface area (Å²) in [6, 6.07) is 6.16. The molecule has 0 amide bonds. The highest BCUT2D eigenvalue weighted by Gasteiger charge is 2.31. The lowest BCUT2D eigenvalue weighted by Crippen LogP contribution is -2.21. The average molecular weight is 261 g/mol. The summed E-state index contributed by atoms with van der Waals surface area (Å²) in [5, 5.41) is 3.06. The number of benzene rings is 1. The van der Waals surface area contributed by atoms with Gasteiger partial charge in [-0.3, -0.25) is 0 Å². The van der Waals surface area contributed by atoms with E-state index in [2.05, 4.69) is 17.0 Å². The van der Waals surface area contributed by atoms with E-state index in [-0.39, 0.29) is 11.7 Å². The first-order chi connectivity index (χ1) is 8.33. The van der Waals surface area contributed by atoms with Crippen molar-refractivity contribution >= 4 is 0 Å². The van der Waals surface area contributed by atoms with E-state index in [9.17, 15) is 13.2 Å². The fourth-order valence-corrected chi connectivity index (χ4v) is 1.82. The Hall–Kier alpha value is -1.23. The second-order valence-electron chi connectivity index (χ2n) is 4.44. The fraction of sp³-hybridized carbons (Fsp3) is 0.538. The minimum atomic E-state index is -4.64. The number of hydrogen-bond acceptors (Lipinski definition) is 2. The number of halogens is 3. The van der Waals surface area contributed by atoms with Crippen molar-refractivity contribution in [3.05, 3.63) is 29.8 Å². The van der Waals surface area contributed by atoms with Crippen molar-refractivity contribution < 1.29 is 17.9 Å². The smallest absolute Gasteiger partial charge is 0.406 e. The Morgan fingerprint density at radius 1 is 1.28 bits per heavy atom. The molecule has 0 saturated carbocycles. The van der Waals surface area contributed by atoms with Crippen LogP contribution < -0.4 is 10.1 Å². The van der Waals surface area contributed by atoms with Gasteiger partial charge < -0.3 is 10.1 Å². The Morgan fingerprint density at radius 2 is 1.94 bits per heavy atom. The molecule has 2 nitrogen and oxygen atoms in total. The quantitative estimate of drug-likeness (QED) is 0.875. The monoisotopic (exact) mass is 261 g/mol. The van der Waals surface area contributed by atoms with Gasteiger partial charge in [-0.15, -0.1) is 13.2 Å². The molecule has 0 heterocycles. The number of nitrogens with one attached hydrogen (secondary N) is 1. The molecule has 5 heteroatoms. The van der Waals surface area contributed by atoms with Gasteiger partial charge >= 0.3 is 6.36 Å². The topological polar surface area (TPSA) is 21.3 Å². The standard InChI is InChI=1S/C13H18F3NO/c1-9(8-17-3)10(2)11-5-4-6-12(7-11)18-13(14,15)16/h4-7,9-10,17H,8H2,1-3H3. The summed E-state index contributed by atoms with van der Waals surface area (Å²) in [4.78, 5) is 0. The fourth-order valence-electron chi connectivity index (χ4n) is 1.82. The largest absolute Gasteiger partial charge is 0.573 e. The molecule has 1 N–H and O–H groups in total. The van der Waals surface area contributed by atoms with E-state index in [1.165, 1.54) is 12.1 Å². The summed E-state index contributed by atoms with van der Waals surface area (Å²) in [6.45, 7) is 4.86. The molecule has 2 unspecified atom stereocenters. The van der Waals surface area contributed by atoms with Crippen molar-refractivity contribution in [1.82, 2.24) is 5.32 Å². The summed E-state index contributed by atoms with van der Waals surface area (Å²) < 4.78 is 40.3. The summed E-state index contributed by atoms with van der Waals surface area (Å²) in [7, 11) is 1.85. The van der Waals surface area contributed by atoms with Gasteiger partial charge in [-0.25, -0.2) is 0 Å². The molecule has 1 rings (SSSR count). The van der Waals surface area contributed by atoms with Gasteiger partial charge in [0.25, 0.3) is 0 Å². The zero-order valence-electron chi connectivity index (χ0n) is 10.7. The lowest BCUT2D eigenvalue weighted by atomic mass is 9.89. The number of alkyl halides is 3. The number of rotatable bonds is 5.